The molecular weight excluding hydrogens is 232 g/mol. The van der Waals surface area contributed by atoms with Gasteiger partial charge in [0.2, 0.25) is 5.78 Å². The van der Waals surface area contributed by atoms with Crippen molar-refractivity contribution in [2.45, 2.75) is 20.4 Å². The number of ether oxygens (including phenoxy) is 1. The van der Waals surface area contributed by atoms with E-state index in [0.29, 0.717) is 23.7 Å². The van der Waals surface area contributed by atoms with E-state index in [1.807, 2.05) is 13.8 Å². The summed E-state index contributed by atoms with van der Waals surface area (Å²) in [4.78, 5) is 12.5. The molecule has 0 spiro atoms. The molecule has 0 unspecified atom stereocenters. The molecule has 0 aliphatic rings. The molecule has 96 valence electrons. The van der Waals surface area contributed by atoms with E-state index >= 15 is 0 Å². The summed E-state index contributed by atoms with van der Waals surface area (Å²) < 4.78 is 8.36. The second-order valence-electron chi connectivity index (χ2n) is 4.00. The third kappa shape index (κ3) is 1.90. The highest BCUT2D eigenvalue weighted by Gasteiger charge is 2.22. The molecule has 2 rings (SSSR count). The Morgan fingerprint density at radius 2 is 2.22 bits per heavy atom. The van der Waals surface area contributed by atoms with Crippen molar-refractivity contribution in [3.63, 3.8) is 0 Å². The lowest BCUT2D eigenvalue weighted by Crippen LogP contribution is -2.14. The smallest absolute Gasteiger partial charge is 0.232 e. The van der Waals surface area contributed by atoms with E-state index in [9.17, 15) is 4.79 Å². The number of rotatable bonds is 4. The number of aryl methyl sites for hydroxylation is 3. The second kappa shape index (κ2) is 4.64. The fraction of sp³-hybridized carbons (Fsp3) is 0.417. The first-order chi connectivity index (χ1) is 8.58. The van der Waals surface area contributed by atoms with Gasteiger partial charge in [0.05, 0.1) is 19.0 Å². The van der Waals surface area contributed by atoms with Crippen LogP contribution in [0.1, 0.15) is 28.8 Å². The van der Waals surface area contributed by atoms with E-state index in [1.54, 1.807) is 17.8 Å². The molecule has 2 aromatic rings. The first kappa shape index (κ1) is 12.3. The van der Waals surface area contributed by atoms with Crippen molar-refractivity contribution in [2.24, 2.45) is 7.05 Å². The van der Waals surface area contributed by atoms with Crippen molar-refractivity contribution in [3.8, 4) is 5.75 Å². The van der Waals surface area contributed by atoms with Crippen LogP contribution in [-0.4, -0.2) is 32.5 Å². The first-order valence-corrected chi connectivity index (χ1v) is 5.73. The molecule has 0 aliphatic carbocycles. The van der Waals surface area contributed by atoms with Crippen molar-refractivity contribution < 1.29 is 9.53 Å². The minimum atomic E-state index is -0.130. The average molecular weight is 248 g/mol. The number of aromatic nitrogens is 4. The maximum absolute atomic E-state index is 12.5. The highest BCUT2D eigenvalue weighted by atomic mass is 16.5. The number of hydrogen-bond acceptors (Lipinski definition) is 4. The molecule has 0 radical (unpaired) electrons. The Morgan fingerprint density at radius 3 is 2.83 bits per heavy atom. The van der Waals surface area contributed by atoms with Gasteiger partial charge in [-0.2, -0.15) is 10.2 Å². The average Bonchev–Trinajstić information content (AvgIpc) is 2.91. The van der Waals surface area contributed by atoms with Gasteiger partial charge in [0.25, 0.3) is 0 Å². The lowest BCUT2D eigenvalue weighted by Gasteiger charge is -2.06. The zero-order valence-electron chi connectivity index (χ0n) is 11.0. The van der Waals surface area contributed by atoms with E-state index in [4.69, 9.17) is 4.74 Å². The summed E-state index contributed by atoms with van der Waals surface area (Å²) in [5, 5.41) is 8.31. The Labute approximate surface area is 105 Å². The maximum Gasteiger partial charge on any atom is 0.232 e. The number of carbonyl (C=O) groups is 1. The Kier molecular flexibility index (Phi) is 3.18. The van der Waals surface area contributed by atoms with Gasteiger partial charge in [0, 0.05) is 13.6 Å². The van der Waals surface area contributed by atoms with Crippen LogP contribution in [0, 0.1) is 6.92 Å². The number of hydrogen-bond donors (Lipinski definition) is 0. The molecule has 0 saturated heterocycles. The summed E-state index contributed by atoms with van der Waals surface area (Å²) in [5.74, 6) is 0.346. The fourth-order valence-corrected chi connectivity index (χ4v) is 1.92. The van der Waals surface area contributed by atoms with Gasteiger partial charge in [-0.3, -0.25) is 14.2 Å². The molecule has 18 heavy (non-hydrogen) atoms. The van der Waals surface area contributed by atoms with Crippen molar-refractivity contribution in [1.29, 1.82) is 0 Å². The maximum atomic E-state index is 12.5. The van der Waals surface area contributed by atoms with Crippen LogP contribution in [0.3, 0.4) is 0 Å². The van der Waals surface area contributed by atoms with E-state index in [0.717, 1.165) is 5.69 Å². The zero-order valence-corrected chi connectivity index (χ0v) is 11.0. The SMILES string of the molecule is CCn1nc(C)cc1C(=O)c1c(OC)cnn1C. The van der Waals surface area contributed by atoms with Crippen molar-refractivity contribution in [3.05, 3.63) is 29.3 Å². The van der Waals surface area contributed by atoms with Crippen molar-refractivity contribution in [2.75, 3.05) is 7.11 Å². The van der Waals surface area contributed by atoms with E-state index in [-0.39, 0.29) is 5.78 Å². The topological polar surface area (TPSA) is 61.9 Å². The third-order valence-corrected chi connectivity index (χ3v) is 2.77. The van der Waals surface area contributed by atoms with Crippen molar-refractivity contribution >= 4 is 5.78 Å². The molecule has 2 heterocycles. The molecule has 0 atom stereocenters. The van der Waals surface area contributed by atoms with Crippen LogP contribution in [0.2, 0.25) is 0 Å². The van der Waals surface area contributed by atoms with Gasteiger partial charge in [0.15, 0.2) is 11.4 Å². The largest absolute Gasteiger partial charge is 0.493 e. The Balaban J connectivity index is 2.50. The van der Waals surface area contributed by atoms with Crippen molar-refractivity contribution in [1.82, 2.24) is 19.6 Å². The Bertz CT molecular complexity index is 583. The molecule has 0 N–H and O–H groups in total. The minimum absolute atomic E-state index is 0.130. The van der Waals surface area contributed by atoms with Crippen LogP contribution in [0.5, 0.6) is 5.75 Å². The van der Waals surface area contributed by atoms with Crippen LogP contribution in [-0.2, 0) is 13.6 Å². The highest BCUT2D eigenvalue weighted by Crippen LogP contribution is 2.20. The first-order valence-electron chi connectivity index (χ1n) is 5.73. The minimum Gasteiger partial charge on any atom is -0.493 e. The summed E-state index contributed by atoms with van der Waals surface area (Å²) in [6, 6.07) is 1.78. The molecule has 0 fully saturated rings. The summed E-state index contributed by atoms with van der Waals surface area (Å²) in [7, 11) is 3.24. The third-order valence-electron chi connectivity index (χ3n) is 2.77. The number of ketones is 1. The van der Waals surface area contributed by atoms with Crippen LogP contribution < -0.4 is 4.74 Å². The van der Waals surface area contributed by atoms with Gasteiger partial charge in [-0.1, -0.05) is 0 Å². The lowest BCUT2D eigenvalue weighted by molar-refractivity contribution is 0.101. The predicted octanol–water partition coefficient (Wildman–Crippen LogP) is 1.18. The standard InChI is InChI=1S/C12H16N4O2/c1-5-16-9(6-8(2)14-16)12(17)11-10(18-4)7-13-15(11)3/h6-7H,5H2,1-4H3. The summed E-state index contributed by atoms with van der Waals surface area (Å²) in [6.45, 7) is 4.46. The van der Waals surface area contributed by atoms with Gasteiger partial charge >= 0.3 is 0 Å². The van der Waals surface area contributed by atoms with Gasteiger partial charge in [-0.05, 0) is 19.9 Å². The van der Waals surface area contributed by atoms with Gasteiger partial charge in [0.1, 0.15) is 5.69 Å². The molecule has 0 aromatic carbocycles. The second-order valence-corrected chi connectivity index (χ2v) is 4.00. The monoisotopic (exact) mass is 248 g/mol. The zero-order chi connectivity index (χ0) is 13.3. The van der Waals surface area contributed by atoms with E-state index in [1.165, 1.54) is 18.0 Å². The lowest BCUT2D eigenvalue weighted by atomic mass is 10.2. The number of methoxy groups -OCH3 is 1. The van der Waals surface area contributed by atoms with Gasteiger partial charge in [-0.15, -0.1) is 0 Å². The summed E-state index contributed by atoms with van der Waals surface area (Å²) in [6.07, 6.45) is 1.53. The summed E-state index contributed by atoms with van der Waals surface area (Å²) in [5.41, 5.74) is 1.81. The predicted molar refractivity (Wildman–Crippen MR) is 65.8 cm³/mol. The number of nitrogens with zero attached hydrogens (tertiary/aromatic N) is 4. The number of carbonyl (C=O) groups excluding carboxylic acids is 1. The quantitative estimate of drug-likeness (QED) is 0.762. The normalized spacial score (nSPS) is 10.7. The van der Waals surface area contributed by atoms with Crippen LogP contribution in [0.4, 0.5) is 0 Å². The van der Waals surface area contributed by atoms with Crippen LogP contribution in [0.25, 0.3) is 0 Å². The van der Waals surface area contributed by atoms with E-state index < -0.39 is 0 Å². The summed E-state index contributed by atoms with van der Waals surface area (Å²) >= 11 is 0. The molecule has 6 nitrogen and oxygen atoms in total. The molecule has 0 aliphatic heterocycles. The molecular formula is C12H16N4O2. The van der Waals surface area contributed by atoms with Crippen LogP contribution >= 0.6 is 0 Å². The Morgan fingerprint density at radius 1 is 1.50 bits per heavy atom. The molecule has 6 heteroatoms. The van der Waals surface area contributed by atoms with E-state index in [2.05, 4.69) is 10.2 Å². The molecule has 2 aromatic heterocycles. The van der Waals surface area contributed by atoms with Gasteiger partial charge < -0.3 is 4.74 Å². The fourth-order valence-electron chi connectivity index (χ4n) is 1.92. The van der Waals surface area contributed by atoms with Gasteiger partial charge in [-0.25, -0.2) is 0 Å². The van der Waals surface area contributed by atoms with Crippen LogP contribution in [0.15, 0.2) is 12.3 Å². The molecule has 0 saturated carbocycles. The highest BCUT2D eigenvalue weighted by molar-refractivity contribution is 6.08. The molecule has 0 bridgehead atoms. The molecule has 0 amide bonds. The Hall–Kier alpha value is -2.11.